The van der Waals surface area contributed by atoms with Gasteiger partial charge in [-0.15, -0.1) is 0 Å². The Balaban J connectivity index is 3.49. The van der Waals surface area contributed by atoms with E-state index in [1.165, 1.54) is 11.0 Å². The molecule has 0 spiro atoms. The lowest BCUT2D eigenvalue weighted by molar-refractivity contribution is -0.128. The summed E-state index contributed by atoms with van der Waals surface area (Å²) in [6.07, 6.45) is 1.65. The first kappa shape index (κ1) is 8.85. The van der Waals surface area contributed by atoms with E-state index in [0.29, 0.717) is 0 Å². The number of isocyanates is 1. The normalized spacial score (nSPS) is 8.20. The van der Waals surface area contributed by atoms with Gasteiger partial charge >= 0.3 is 0 Å². The van der Waals surface area contributed by atoms with Crippen molar-refractivity contribution in [2.75, 3.05) is 20.6 Å². The van der Waals surface area contributed by atoms with Gasteiger partial charge in [-0.25, -0.2) is 9.79 Å². The number of hydrogen-bond acceptors (Lipinski definition) is 3. The lowest BCUT2D eigenvalue weighted by atomic mass is 10.4. The summed E-state index contributed by atoms with van der Waals surface area (Å²) in [6.45, 7) is 0.237. The molecule has 0 N–H and O–H groups in total. The maximum absolute atomic E-state index is 10.8. The van der Waals surface area contributed by atoms with Crippen LogP contribution in [0.1, 0.15) is 6.42 Å². The van der Waals surface area contributed by atoms with Crippen LogP contribution in [0.3, 0.4) is 0 Å². The van der Waals surface area contributed by atoms with Gasteiger partial charge in [0.1, 0.15) is 0 Å². The van der Waals surface area contributed by atoms with E-state index in [1.54, 1.807) is 14.1 Å². The average molecular weight is 142 g/mol. The molecule has 0 atom stereocenters. The molecule has 0 radical (unpaired) electrons. The predicted molar refractivity (Wildman–Crippen MR) is 36.3 cm³/mol. The smallest absolute Gasteiger partial charge is 0.234 e. The second-order valence-corrected chi connectivity index (χ2v) is 2.01. The number of carbonyl (C=O) groups excluding carboxylic acids is 2. The second kappa shape index (κ2) is 4.70. The highest BCUT2D eigenvalue weighted by atomic mass is 16.2. The number of hydrogen-bond donors (Lipinski definition) is 0. The largest absolute Gasteiger partial charge is 0.349 e. The van der Waals surface area contributed by atoms with Crippen LogP contribution in [0.5, 0.6) is 0 Å². The quantitative estimate of drug-likeness (QED) is 0.404. The fourth-order valence-electron chi connectivity index (χ4n) is 0.421. The van der Waals surface area contributed by atoms with Gasteiger partial charge in [0.05, 0.1) is 6.54 Å². The molecular weight excluding hydrogens is 132 g/mol. The van der Waals surface area contributed by atoms with Gasteiger partial charge in [-0.05, 0) is 0 Å². The van der Waals surface area contributed by atoms with Crippen molar-refractivity contribution in [1.29, 1.82) is 0 Å². The topological polar surface area (TPSA) is 49.7 Å². The van der Waals surface area contributed by atoms with Crippen molar-refractivity contribution >= 4 is 12.0 Å². The summed E-state index contributed by atoms with van der Waals surface area (Å²) in [5.74, 6) is -0.0287. The van der Waals surface area contributed by atoms with E-state index in [0.717, 1.165) is 0 Å². The summed E-state index contributed by atoms with van der Waals surface area (Å²) in [5.41, 5.74) is 0. The lowest BCUT2D eigenvalue weighted by Gasteiger charge is -2.07. The van der Waals surface area contributed by atoms with Crippen LogP contribution in [0.4, 0.5) is 0 Å². The first-order valence-electron chi connectivity index (χ1n) is 2.92. The molecule has 10 heavy (non-hydrogen) atoms. The summed E-state index contributed by atoms with van der Waals surface area (Å²) >= 11 is 0. The summed E-state index contributed by atoms with van der Waals surface area (Å²) in [5, 5.41) is 0. The fourth-order valence-corrected chi connectivity index (χ4v) is 0.421. The molecule has 0 fully saturated rings. The van der Waals surface area contributed by atoms with Crippen LogP contribution in [-0.4, -0.2) is 37.5 Å². The van der Waals surface area contributed by atoms with Gasteiger partial charge in [0.25, 0.3) is 0 Å². The van der Waals surface area contributed by atoms with E-state index in [4.69, 9.17) is 0 Å². The molecule has 1 amide bonds. The number of aliphatic imine (C=N–C) groups is 1. The van der Waals surface area contributed by atoms with E-state index < -0.39 is 0 Å². The zero-order chi connectivity index (χ0) is 7.98. The van der Waals surface area contributed by atoms with Gasteiger partial charge in [-0.3, -0.25) is 4.79 Å². The van der Waals surface area contributed by atoms with Gasteiger partial charge in [0, 0.05) is 20.5 Å². The molecule has 56 valence electrons. The highest BCUT2D eigenvalue weighted by molar-refractivity contribution is 5.75. The SMILES string of the molecule is CN(C)C(=O)CCN=C=O. The first-order valence-corrected chi connectivity index (χ1v) is 2.92. The molecule has 0 aromatic heterocycles. The molecule has 0 aromatic carbocycles. The fraction of sp³-hybridized carbons (Fsp3) is 0.667. The highest BCUT2D eigenvalue weighted by Crippen LogP contribution is 1.85. The summed E-state index contributed by atoms with van der Waals surface area (Å²) in [4.78, 5) is 25.0. The van der Waals surface area contributed by atoms with Crippen molar-refractivity contribution in [3.63, 3.8) is 0 Å². The number of amides is 1. The van der Waals surface area contributed by atoms with Gasteiger partial charge in [-0.1, -0.05) is 0 Å². The summed E-state index contributed by atoms with van der Waals surface area (Å²) in [7, 11) is 3.32. The minimum atomic E-state index is -0.0287. The molecular formula is C6H10N2O2. The highest BCUT2D eigenvalue weighted by Gasteiger charge is 2.00. The Labute approximate surface area is 59.5 Å². The molecule has 0 heterocycles. The van der Waals surface area contributed by atoms with Gasteiger partial charge in [0.2, 0.25) is 12.0 Å². The molecule has 4 heteroatoms. The van der Waals surface area contributed by atoms with Crippen molar-refractivity contribution in [3.8, 4) is 0 Å². The second-order valence-electron chi connectivity index (χ2n) is 2.01. The van der Waals surface area contributed by atoms with E-state index in [-0.39, 0.29) is 18.9 Å². The molecule has 0 aliphatic carbocycles. The maximum atomic E-state index is 10.8. The van der Waals surface area contributed by atoms with Crippen molar-refractivity contribution < 1.29 is 9.59 Å². The molecule has 4 nitrogen and oxygen atoms in total. The minimum absolute atomic E-state index is 0.0287. The van der Waals surface area contributed by atoms with Crippen LogP contribution >= 0.6 is 0 Å². The van der Waals surface area contributed by atoms with E-state index in [9.17, 15) is 9.59 Å². The summed E-state index contributed by atoms with van der Waals surface area (Å²) in [6, 6.07) is 0. The zero-order valence-corrected chi connectivity index (χ0v) is 6.13. The average Bonchev–Trinajstić information content (AvgIpc) is 1.88. The van der Waals surface area contributed by atoms with E-state index in [2.05, 4.69) is 4.99 Å². The van der Waals surface area contributed by atoms with Gasteiger partial charge in [0.15, 0.2) is 0 Å². The Hall–Kier alpha value is -1.15. The Morgan fingerprint density at radius 3 is 2.60 bits per heavy atom. The third-order valence-corrected chi connectivity index (χ3v) is 1.00. The molecule has 0 aliphatic heterocycles. The van der Waals surface area contributed by atoms with Crippen LogP contribution in [0.2, 0.25) is 0 Å². The Kier molecular flexibility index (Phi) is 4.16. The van der Waals surface area contributed by atoms with Crippen molar-refractivity contribution in [3.05, 3.63) is 0 Å². The van der Waals surface area contributed by atoms with Crippen LogP contribution in [0.15, 0.2) is 4.99 Å². The molecule has 0 saturated heterocycles. The van der Waals surface area contributed by atoms with Crippen molar-refractivity contribution in [2.24, 2.45) is 4.99 Å². The van der Waals surface area contributed by atoms with Gasteiger partial charge < -0.3 is 4.90 Å². The lowest BCUT2D eigenvalue weighted by Crippen LogP contribution is -2.21. The van der Waals surface area contributed by atoms with Crippen molar-refractivity contribution in [2.45, 2.75) is 6.42 Å². The summed E-state index contributed by atoms with van der Waals surface area (Å²) < 4.78 is 0. The predicted octanol–water partition coefficient (Wildman–Crippen LogP) is -0.200. The number of rotatable bonds is 3. The number of nitrogens with zero attached hydrogens (tertiary/aromatic N) is 2. The Morgan fingerprint density at radius 1 is 1.60 bits per heavy atom. The standard InChI is InChI=1S/C6H10N2O2/c1-8(2)6(10)3-4-7-5-9/h3-4H2,1-2H3. The third-order valence-electron chi connectivity index (χ3n) is 1.00. The third kappa shape index (κ3) is 3.80. The number of carbonyl (C=O) groups is 1. The Morgan fingerprint density at radius 2 is 2.20 bits per heavy atom. The molecule has 0 saturated carbocycles. The molecule has 0 rings (SSSR count). The van der Waals surface area contributed by atoms with Crippen LogP contribution in [0, 0.1) is 0 Å². The molecule has 0 aromatic rings. The monoisotopic (exact) mass is 142 g/mol. The van der Waals surface area contributed by atoms with Crippen LogP contribution in [0.25, 0.3) is 0 Å². The van der Waals surface area contributed by atoms with E-state index >= 15 is 0 Å². The maximum Gasteiger partial charge on any atom is 0.234 e. The van der Waals surface area contributed by atoms with Gasteiger partial charge in [-0.2, -0.15) is 0 Å². The molecule has 0 bridgehead atoms. The molecule has 0 aliphatic rings. The minimum Gasteiger partial charge on any atom is -0.349 e. The van der Waals surface area contributed by atoms with E-state index in [1.807, 2.05) is 0 Å². The van der Waals surface area contributed by atoms with Crippen LogP contribution in [-0.2, 0) is 9.59 Å². The van der Waals surface area contributed by atoms with Crippen LogP contribution < -0.4 is 0 Å². The Bertz CT molecular complexity index is 159. The molecule has 0 unspecified atom stereocenters. The zero-order valence-electron chi connectivity index (χ0n) is 6.13. The first-order chi connectivity index (χ1) is 4.68. The van der Waals surface area contributed by atoms with Crippen molar-refractivity contribution in [1.82, 2.24) is 4.90 Å².